The van der Waals surface area contributed by atoms with Crippen molar-refractivity contribution >= 4 is 43.2 Å². The van der Waals surface area contributed by atoms with Gasteiger partial charge in [-0.15, -0.1) is 0 Å². The summed E-state index contributed by atoms with van der Waals surface area (Å²) in [5.74, 6) is 0. The number of nitrogens with zero attached hydrogens (tertiary/aromatic N) is 1. The Labute approximate surface area is 233 Å². The number of fused-ring (bicyclic) bond motifs is 4. The van der Waals surface area contributed by atoms with Crippen molar-refractivity contribution in [3.8, 4) is 33.4 Å². The molecule has 0 unspecified atom stereocenters. The lowest BCUT2D eigenvalue weighted by atomic mass is 9.87. The van der Waals surface area contributed by atoms with Crippen LogP contribution in [0.2, 0.25) is 0 Å². The molecule has 7 aromatic carbocycles. The predicted octanol–water partition coefficient (Wildman–Crippen LogP) is 10.7. The third kappa shape index (κ3) is 3.67. The number of hydrogen-bond acceptors (Lipinski definition) is 1. The average molecular weight is 508 g/mol. The van der Waals surface area contributed by atoms with Crippen molar-refractivity contribution in [2.24, 2.45) is 0 Å². The first-order chi connectivity index (χ1) is 19.8. The first kappa shape index (κ1) is 22.7. The monoisotopic (exact) mass is 507 g/mol. The summed E-state index contributed by atoms with van der Waals surface area (Å²) in [5.41, 5.74) is 8.33. The summed E-state index contributed by atoms with van der Waals surface area (Å²) in [6.45, 7) is 0. The molecule has 0 saturated heterocycles. The van der Waals surface area contributed by atoms with Gasteiger partial charge in [-0.25, -0.2) is 0 Å². The van der Waals surface area contributed by atoms with Gasteiger partial charge < -0.3 is 0 Å². The Bertz CT molecular complexity index is 2150. The molecule has 8 aromatic rings. The van der Waals surface area contributed by atoms with Gasteiger partial charge in [-0.05, 0) is 84.4 Å². The largest absolute Gasteiger partial charge is 0.256 e. The summed E-state index contributed by atoms with van der Waals surface area (Å²) in [6.07, 6.45) is 1.91. The maximum atomic E-state index is 4.98. The van der Waals surface area contributed by atoms with E-state index in [1.165, 1.54) is 71.1 Å². The molecule has 0 amide bonds. The van der Waals surface area contributed by atoms with Crippen LogP contribution in [-0.4, -0.2) is 4.98 Å². The zero-order valence-corrected chi connectivity index (χ0v) is 21.9. The molecule has 0 N–H and O–H groups in total. The first-order valence-corrected chi connectivity index (χ1v) is 13.7. The topological polar surface area (TPSA) is 12.9 Å². The maximum absolute atomic E-state index is 4.98. The van der Waals surface area contributed by atoms with Gasteiger partial charge in [0.25, 0.3) is 0 Å². The van der Waals surface area contributed by atoms with Crippen molar-refractivity contribution in [1.29, 1.82) is 0 Å². The Kier molecular flexibility index (Phi) is 5.21. The van der Waals surface area contributed by atoms with E-state index >= 15 is 0 Å². The summed E-state index contributed by atoms with van der Waals surface area (Å²) < 4.78 is 0. The lowest BCUT2D eigenvalue weighted by Gasteiger charge is -2.17. The normalized spacial score (nSPS) is 11.5. The lowest BCUT2D eigenvalue weighted by Crippen LogP contribution is -1.93. The number of aromatic nitrogens is 1. The van der Waals surface area contributed by atoms with Crippen molar-refractivity contribution in [2.75, 3.05) is 0 Å². The molecular formula is C39H25N. The van der Waals surface area contributed by atoms with Crippen LogP contribution in [0.15, 0.2) is 152 Å². The molecule has 0 radical (unpaired) electrons. The summed E-state index contributed by atoms with van der Waals surface area (Å²) in [7, 11) is 0. The van der Waals surface area contributed by atoms with E-state index in [1.807, 2.05) is 6.20 Å². The van der Waals surface area contributed by atoms with Crippen molar-refractivity contribution in [1.82, 2.24) is 4.98 Å². The van der Waals surface area contributed by atoms with Crippen molar-refractivity contribution in [3.63, 3.8) is 0 Å². The minimum atomic E-state index is 1.03. The Balaban J connectivity index is 1.38. The van der Waals surface area contributed by atoms with Crippen LogP contribution in [-0.2, 0) is 0 Å². The standard InChI is InChI=1S/C39H25N/c1-2-9-26(10-3-1)29-17-18-31-25-32(21-19-30(31)23-29)37-34-13-6-7-14-35(34)38(39-36(37)15-8-22-40-39)33-20-16-27-11-4-5-12-28(27)24-33/h1-25H. The maximum Gasteiger partial charge on any atom is 0.0792 e. The molecule has 40 heavy (non-hydrogen) atoms. The van der Waals surface area contributed by atoms with E-state index < -0.39 is 0 Å². The Hall–Kier alpha value is -5.27. The van der Waals surface area contributed by atoms with Crippen molar-refractivity contribution in [2.45, 2.75) is 0 Å². The lowest BCUT2D eigenvalue weighted by molar-refractivity contribution is 1.42. The van der Waals surface area contributed by atoms with Crippen LogP contribution in [0.5, 0.6) is 0 Å². The van der Waals surface area contributed by atoms with E-state index in [-0.39, 0.29) is 0 Å². The average Bonchev–Trinajstić information content (AvgIpc) is 3.03. The number of benzene rings is 7. The van der Waals surface area contributed by atoms with Crippen LogP contribution in [0, 0.1) is 0 Å². The van der Waals surface area contributed by atoms with Crippen LogP contribution in [0.1, 0.15) is 0 Å². The van der Waals surface area contributed by atoms with Crippen LogP contribution in [0.4, 0.5) is 0 Å². The number of pyridine rings is 1. The third-order valence-corrected chi connectivity index (χ3v) is 8.05. The zero-order chi connectivity index (χ0) is 26.5. The summed E-state index contributed by atoms with van der Waals surface area (Å²) >= 11 is 0. The Morgan fingerprint density at radius 3 is 1.62 bits per heavy atom. The van der Waals surface area contributed by atoms with Crippen LogP contribution in [0.25, 0.3) is 76.6 Å². The zero-order valence-electron chi connectivity index (χ0n) is 21.9. The van der Waals surface area contributed by atoms with Crippen LogP contribution < -0.4 is 0 Å². The van der Waals surface area contributed by atoms with Gasteiger partial charge >= 0.3 is 0 Å². The smallest absolute Gasteiger partial charge is 0.0792 e. The fraction of sp³-hybridized carbons (Fsp3) is 0. The highest BCUT2D eigenvalue weighted by Crippen LogP contribution is 2.43. The predicted molar refractivity (Wildman–Crippen MR) is 171 cm³/mol. The minimum Gasteiger partial charge on any atom is -0.256 e. The molecule has 1 heteroatoms. The van der Waals surface area contributed by atoms with E-state index in [0.29, 0.717) is 0 Å². The Morgan fingerprint density at radius 1 is 0.325 bits per heavy atom. The van der Waals surface area contributed by atoms with Gasteiger partial charge in [0.05, 0.1) is 5.52 Å². The van der Waals surface area contributed by atoms with E-state index in [1.54, 1.807) is 0 Å². The molecule has 186 valence electrons. The summed E-state index contributed by atoms with van der Waals surface area (Å²) in [5, 5.41) is 8.59. The van der Waals surface area contributed by atoms with E-state index in [2.05, 4.69) is 146 Å². The van der Waals surface area contributed by atoms with Crippen LogP contribution in [0.3, 0.4) is 0 Å². The van der Waals surface area contributed by atoms with Crippen molar-refractivity contribution in [3.05, 3.63) is 152 Å². The van der Waals surface area contributed by atoms with Crippen molar-refractivity contribution < 1.29 is 0 Å². The molecule has 0 aliphatic rings. The molecule has 0 spiro atoms. The molecule has 1 nitrogen and oxygen atoms in total. The van der Waals surface area contributed by atoms with E-state index in [0.717, 1.165) is 5.52 Å². The molecule has 8 rings (SSSR count). The fourth-order valence-corrected chi connectivity index (χ4v) is 6.16. The molecule has 0 saturated carbocycles. The SMILES string of the molecule is c1ccc(-c2ccc3cc(-c4c5ccccc5c(-c5ccc6ccccc6c5)c5ncccc45)ccc3c2)cc1. The van der Waals surface area contributed by atoms with Gasteiger partial charge in [0.2, 0.25) is 0 Å². The molecule has 0 fully saturated rings. The number of hydrogen-bond donors (Lipinski definition) is 0. The molecule has 0 aliphatic carbocycles. The molecular weight excluding hydrogens is 482 g/mol. The second kappa shape index (κ2) is 9.18. The molecule has 1 heterocycles. The number of rotatable bonds is 3. The van der Waals surface area contributed by atoms with Gasteiger partial charge in [0.1, 0.15) is 0 Å². The summed E-state index contributed by atoms with van der Waals surface area (Å²) in [4.78, 5) is 4.98. The van der Waals surface area contributed by atoms with E-state index in [4.69, 9.17) is 4.98 Å². The van der Waals surface area contributed by atoms with Gasteiger partial charge in [-0.3, -0.25) is 4.98 Å². The molecule has 0 atom stereocenters. The fourth-order valence-electron chi connectivity index (χ4n) is 6.16. The minimum absolute atomic E-state index is 1.03. The summed E-state index contributed by atoms with van der Waals surface area (Å²) in [6, 6.07) is 52.5. The molecule has 0 bridgehead atoms. The highest BCUT2D eigenvalue weighted by atomic mass is 14.7. The van der Waals surface area contributed by atoms with E-state index in [9.17, 15) is 0 Å². The van der Waals surface area contributed by atoms with Gasteiger partial charge in [0.15, 0.2) is 0 Å². The van der Waals surface area contributed by atoms with Gasteiger partial charge in [0, 0.05) is 17.1 Å². The highest BCUT2D eigenvalue weighted by Gasteiger charge is 2.18. The molecule has 0 aliphatic heterocycles. The first-order valence-electron chi connectivity index (χ1n) is 13.7. The second-order valence-corrected chi connectivity index (χ2v) is 10.4. The highest BCUT2D eigenvalue weighted by molar-refractivity contribution is 6.21. The quantitative estimate of drug-likeness (QED) is 0.217. The van der Waals surface area contributed by atoms with Crippen LogP contribution >= 0.6 is 0 Å². The molecule has 1 aromatic heterocycles. The Morgan fingerprint density at radius 2 is 0.850 bits per heavy atom. The van der Waals surface area contributed by atoms with Gasteiger partial charge in [-0.1, -0.05) is 121 Å². The third-order valence-electron chi connectivity index (χ3n) is 8.05. The van der Waals surface area contributed by atoms with Gasteiger partial charge in [-0.2, -0.15) is 0 Å². The second-order valence-electron chi connectivity index (χ2n) is 10.4.